The molecule has 2 rings (SSSR count). The number of carbonyl (C=O) groups excluding carboxylic acids is 3. The summed E-state index contributed by atoms with van der Waals surface area (Å²) in [6.45, 7) is 1.38. The van der Waals surface area contributed by atoms with Crippen molar-refractivity contribution in [3.05, 3.63) is 11.9 Å². The van der Waals surface area contributed by atoms with Crippen LogP contribution in [-0.4, -0.2) is 45.0 Å². The molecule has 0 spiro atoms. The number of aromatic nitrogens is 2. The highest BCUT2D eigenvalue weighted by Crippen LogP contribution is 2.16. The highest BCUT2D eigenvalue weighted by molar-refractivity contribution is 6.07. The van der Waals surface area contributed by atoms with Crippen molar-refractivity contribution >= 4 is 23.4 Å². The van der Waals surface area contributed by atoms with Crippen molar-refractivity contribution in [3.8, 4) is 0 Å². The molecular weight excluding hydrogens is 238 g/mol. The number of piperazine rings is 1. The third-order valence-electron chi connectivity index (χ3n) is 2.85. The number of imide groups is 1. The van der Waals surface area contributed by atoms with Crippen LogP contribution in [-0.2, 0) is 16.6 Å². The van der Waals surface area contributed by atoms with Crippen molar-refractivity contribution in [2.45, 2.75) is 13.0 Å². The fraction of sp³-hybridized carbons (Fsp3) is 0.400. The van der Waals surface area contributed by atoms with E-state index in [0.717, 1.165) is 0 Å². The molecule has 1 unspecified atom stereocenters. The van der Waals surface area contributed by atoms with Crippen LogP contribution in [0.2, 0.25) is 0 Å². The molecule has 18 heavy (non-hydrogen) atoms. The SMILES string of the molecule is CC1C(=O)NC(=O)CN1C(=O)c1c(N)cnn1C. The molecule has 1 saturated heterocycles. The Balaban J connectivity index is 2.33. The van der Waals surface area contributed by atoms with Crippen molar-refractivity contribution in [1.82, 2.24) is 20.0 Å². The van der Waals surface area contributed by atoms with Crippen molar-refractivity contribution in [3.63, 3.8) is 0 Å². The molecule has 3 N–H and O–H groups in total. The lowest BCUT2D eigenvalue weighted by atomic mass is 10.1. The number of hydrogen-bond acceptors (Lipinski definition) is 5. The minimum absolute atomic E-state index is 0.170. The quantitative estimate of drug-likeness (QED) is 0.589. The minimum Gasteiger partial charge on any atom is -0.396 e. The zero-order chi connectivity index (χ0) is 13.4. The maximum atomic E-state index is 12.3. The summed E-state index contributed by atoms with van der Waals surface area (Å²) in [7, 11) is 1.57. The van der Waals surface area contributed by atoms with E-state index in [2.05, 4.69) is 10.4 Å². The van der Waals surface area contributed by atoms with Crippen molar-refractivity contribution < 1.29 is 14.4 Å². The molecule has 3 amide bonds. The first-order valence-corrected chi connectivity index (χ1v) is 5.34. The molecule has 1 aromatic heterocycles. The number of amides is 3. The Kier molecular flexibility index (Phi) is 2.77. The zero-order valence-electron chi connectivity index (χ0n) is 10.0. The number of nitrogens with two attached hydrogens (primary N) is 1. The van der Waals surface area contributed by atoms with Gasteiger partial charge in [-0.2, -0.15) is 5.10 Å². The van der Waals surface area contributed by atoms with E-state index < -0.39 is 23.8 Å². The molecule has 8 heteroatoms. The lowest BCUT2D eigenvalue weighted by Crippen LogP contribution is -2.58. The summed E-state index contributed by atoms with van der Waals surface area (Å²) in [4.78, 5) is 36.2. The number of carbonyl (C=O) groups is 3. The van der Waals surface area contributed by atoms with Crippen molar-refractivity contribution in [1.29, 1.82) is 0 Å². The Hall–Kier alpha value is -2.38. The van der Waals surface area contributed by atoms with Gasteiger partial charge in [-0.15, -0.1) is 0 Å². The van der Waals surface area contributed by atoms with Crippen LogP contribution in [0.5, 0.6) is 0 Å². The van der Waals surface area contributed by atoms with Crippen LogP contribution in [0.1, 0.15) is 17.4 Å². The summed E-state index contributed by atoms with van der Waals surface area (Å²) in [5, 5.41) is 6.02. The topological polar surface area (TPSA) is 110 Å². The van der Waals surface area contributed by atoms with E-state index >= 15 is 0 Å². The van der Waals surface area contributed by atoms with Gasteiger partial charge in [0.15, 0.2) is 0 Å². The molecule has 1 aromatic rings. The Morgan fingerprint density at radius 3 is 2.78 bits per heavy atom. The Labute approximate surface area is 103 Å². The third kappa shape index (κ3) is 1.81. The van der Waals surface area contributed by atoms with E-state index in [1.807, 2.05) is 0 Å². The van der Waals surface area contributed by atoms with E-state index in [4.69, 9.17) is 5.73 Å². The van der Waals surface area contributed by atoms with Crippen LogP contribution in [0.15, 0.2) is 6.20 Å². The third-order valence-corrected chi connectivity index (χ3v) is 2.85. The molecule has 0 aromatic carbocycles. The van der Waals surface area contributed by atoms with Gasteiger partial charge in [0.1, 0.15) is 18.3 Å². The normalized spacial score (nSPS) is 19.9. The van der Waals surface area contributed by atoms with Gasteiger partial charge in [0.05, 0.1) is 11.9 Å². The van der Waals surface area contributed by atoms with E-state index in [-0.39, 0.29) is 17.9 Å². The van der Waals surface area contributed by atoms with E-state index in [1.54, 1.807) is 14.0 Å². The highest BCUT2D eigenvalue weighted by atomic mass is 16.2. The van der Waals surface area contributed by atoms with Gasteiger partial charge in [0.2, 0.25) is 11.8 Å². The number of anilines is 1. The van der Waals surface area contributed by atoms with E-state index in [1.165, 1.54) is 15.8 Å². The summed E-state index contributed by atoms with van der Waals surface area (Å²) in [5.41, 5.74) is 6.03. The lowest BCUT2D eigenvalue weighted by molar-refractivity contribution is -0.138. The summed E-state index contributed by atoms with van der Waals surface area (Å²) in [6, 6.07) is -0.718. The van der Waals surface area contributed by atoms with Gasteiger partial charge < -0.3 is 10.6 Å². The molecule has 0 bridgehead atoms. The Morgan fingerprint density at radius 1 is 1.56 bits per heavy atom. The largest absolute Gasteiger partial charge is 0.396 e. The first kappa shape index (κ1) is 12.1. The summed E-state index contributed by atoms with van der Waals surface area (Å²) in [6.07, 6.45) is 1.35. The van der Waals surface area contributed by atoms with Crippen LogP contribution in [0.25, 0.3) is 0 Å². The molecule has 1 aliphatic heterocycles. The smallest absolute Gasteiger partial charge is 0.275 e. The van der Waals surface area contributed by atoms with Gasteiger partial charge in [-0.1, -0.05) is 0 Å². The maximum Gasteiger partial charge on any atom is 0.275 e. The fourth-order valence-corrected chi connectivity index (χ4v) is 1.81. The minimum atomic E-state index is -0.718. The second-order valence-electron chi connectivity index (χ2n) is 4.09. The summed E-state index contributed by atoms with van der Waals surface area (Å²) >= 11 is 0. The van der Waals surface area contributed by atoms with Crippen LogP contribution < -0.4 is 11.1 Å². The van der Waals surface area contributed by atoms with Crippen LogP contribution >= 0.6 is 0 Å². The second kappa shape index (κ2) is 4.13. The highest BCUT2D eigenvalue weighted by Gasteiger charge is 2.35. The standard InChI is InChI=1S/C10H13N5O3/c1-5-9(17)13-7(16)4-15(5)10(18)8-6(11)3-12-14(8)2/h3,5H,4,11H2,1-2H3,(H,13,16,17). The van der Waals surface area contributed by atoms with Crippen LogP contribution in [0.3, 0.4) is 0 Å². The number of nitrogen functional groups attached to an aromatic ring is 1. The van der Waals surface area contributed by atoms with Gasteiger partial charge >= 0.3 is 0 Å². The average Bonchev–Trinajstić information content (AvgIpc) is 2.63. The molecule has 0 aliphatic carbocycles. The second-order valence-corrected chi connectivity index (χ2v) is 4.09. The van der Waals surface area contributed by atoms with E-state index in [0.29, 0.717) is 0 Å². The Morgan fingerprint density at radius 2 is 2.22 bits per heavy atom. The molecule has 1 fully saturated rings. The number of hydrogen-bond donors (Lipinski definition) is 2. The number of aryl methyl sites for hydroxylation is 1. The van der Waals surface area contributed by atoms with Crippen LogP contribution in [0.4, 0.5) is 5.69 Å². The number of rotatable bonds is 1. The fourth-order valence-electron chi connectivity index (χ4n) is 1.81. The maximum absolute atomic E-state index is 12.3. The summed E-state index contributed by atoms with van der Waals surface area (Å²) in [5.74, 6) is -1.49. The zero-order valence-corrected chi connectivity index (χ0v) is 10.0. The van der Waals surface area contributed by atoms with Crippen molar-refractivity contribution in [2.24, 2.45) is 7.05 Å². The monoisotopic (exact) mass is 251 g/mol. The predicted octanol–water partition coefficient (Wildman–Crippen LogP) is -1.51. The molecular formula is C10H13N5O3. The lowest BCUT2D eigenvalue weighted by Gasteiger charge is -2.31. The van der Waals surface area contributed by atoms with Gasteiger partial charge in [0, 0.05) is 7.05 Å². The van der Waals surface area contributed by atoms with Crippen LogP contribution in [0, 0.1) is 0 Å². The molecule has 1 aliphatic rings. The molecule has 8 nitrogen and oxygen atoms in total. The van der Waals surface area contributed by atoms with Gasteiger partial charge in [-0.3, -0.25) is 24.4 Å². The molecule has 96 valence electrons. The van der Waals surface area contributed by atoms with Gasteiger partial charge in [0.25, 0.3) is 5.91 Å². The van der Waals surface area contributed by atoms with Gasteiger partial charge in [-0.05, 0) is 6.92 Å². The van der Waals surface area contributed by atoms with E-state index in [9.17, 15) is 14.4 Å². The molecule has 2 heterocycles. The molecule has 0 saturated carbocycles. The average molecular weight is 251 g/mol. The predicted molar refractivity (Wildman–Crippen MR) is 61.3 cm³/mol. The first-order valence-electron chi connectivity index (χ1n) is 5.34. The van der Waals surface area contributed by atoms with Crippen molar-refractivity contribution in [2.75, 3.05) is 12.3 Å². The van der Waals surface area contributed by atoms with Gasteiger partial charge in [-0.25, -0.2) is 0 Å². The number of nitrogens with one attached hydrogen (secondary N) is 1. The molecule has 1 atom stereocenters. The Bertz CT molecular complexity index is 516. The first-order chi connectivity index (χ1) is 8.41. The number of nitrogens with zero attached hydrogens (tertiary/aromatic N) is 3. The summed E-state index contributed by atoms with van der Waals surface area (Å²) < 4.78 is 1.32. The molecule has 0 radical (unpaired) electrons.